The number of aromatic nitrogens is 2. The molecule has 6 heteroatoms. The zero-order valence-corrected chi connectivity index (χ0v) is 16.1. The van der Waals surface area contributed by atoms with Gasteiger partial charge in [-0.3, -0.25) is 14.2 Å². The lowest BCUT2D eigenvalue weighted by molar-refractivity contribution is -0.118. The van der Waals surface area contributed by atoms with Crippen LogP contribution in [0.1, 0.15) is 35.7 Å². The molecule has 0 aliphatic carbocycles. The Hall–Kier alpha value is -2.08. The second-order valence-electron chi connectivity index (χ2n) is 6.06. The molecule has 0 atom stereocenters. The molecule has 2 aromatic rings. The van der Waals surface area contributed by atoms with Gasteiger partial charge >= 0.3 is 0 Å². The summed E-state index contributed by atoms with van der Waals surface area (Å²) in [5.74, 6) is 0.222. The first-order chi connectivity index (χ1) is 11.9. The molecule has 0 saturated carbocycles. The van der Waals surface area contributed by atoms with Gasteiger partial charge < -0.3 is 5.32 Å². The van der Waals surface area contributed by atoms with Gasteiger partial charge in [0.05, 0.1) is 5.75 Å². The van der Waals surface area contributed by atoms with Gasteiger partial charge in [0.1, 0.15) is 0 Å². The monoisotopic (exact) mass is 359 g/mol. The standard InChI is InChI=1S/C19H25N3O2S/c1-5-10-20-17(23)12-25-19-21-14(3)16(18(24)22(19)4)11-15-9-7-6-8-13(15)2/h6-9H,5,10-12H2,1-4H3,(H,20,23). The molecule has 0 fully saturated rings. The van der Waals surface area contributed by atoms with Crippen molar-refractivity contribution in [3.05, 3.63) is 57.0 Å². The lowest BCUT2D eigenvalue weighted by Crippen LogP contribution is -2.28. The average molecular weight is 359 g/mol. The summed E-state index contributed by atoms with van der Waals surface area (Å²) in [5.41, 5.74) is 3.67. The molecule has 0 bridgehead atoms. The first kappa shape index (κ1) is 19.2. The molecule has 1 N–H and O–H groups in total. The topological polar surface area (TPSA) is 64.0 Å². The van der Waals surface area contributed by atoms with Gasteiger partial charge in [0.2, 0.25) is 5.91 Å². The summed E-state index contributed by atoms with van der Waals surface area (Å²) in [5, 5.41) is 3.40. The largest absolute Gasteiger partial charge is 0.355 e. The number of carbonyl (C=O) groups is 1. The zero-order valence-electron chi connectivity index (χ0n) is 15.3. The van der Waals surface area contributed by atoms with Crippen molar-refractivity contribution in [1.29, 1.82) is 0 Å². The van der Waals surface area contributed by atoms with Gasteiger partial charge in [-0.1, -0.05) is 43.0 Å². The smallest absolute Gasteiger partial charge is 0.257 e. The molecule has 1 aromatic carbocycles. The molecule has 5 nitrogen and oxygen atoms in total. The van der Waals surface area contributed by atoms with Gasteiger partial charge in [-0.25, -0.2) is 4.98 Å². The lowest BCUT2D eigenvalue weighted by atomic mass is 10.0. The van der Waals surface area contributed by atoms with Crippen LogP contribution < -0.4 is 10.9 Å². The summed E-state index contributed by atoms with van der Waals surface area (Å²) in [7, 11) is 1.71. The Kier molecular flexibility index (Phi) is 6.82. The third kappa shape index (κ3) is 4.95. The Morgan fingerprint density at radius 1 is 1.28 bits per heavy atom. The molecular formula is C19H25N3O2S. The van der Waals surface area contributed by atoms with Crippen LogP contribution in [0.2, 0.25) is 0 Å². The predicted molar refractivity (Wildman–Crippen MR) is 102 cm³/mol. The second-order valence-corrected chi connectivity index (χ2v) is 7.01. The number of nitrogens with zero attached hydrogens (tertiary/aromatic N) is 2. The number of thioether (sulfide) groups is 1. The van der Waals surface area contributed by atoms with E-state index in [2.05, 4.69) is 10.3 Å². The SMILES string of the molecule is CCCNC(=O)CSc1nc(C)c(Cc2ccccc2C)c(=O)n1C. The van der Waals surface area contributed by atoms with Crippen molar-refractivity contribution in [1.82, 2.24) is 14.9 Å². The molecule has 1 heterocycles. The first-order valence-corrected chi connectivity index (χ1v) is 9.43. The number of amides is 1. The van der Waals surface area contributed by atoms with Crippen molar-refractivity contribution >= 4 is 17.7 Å². The number of hydrogen-bond donors (Lipinski definition) is 1. The highest BCUT2D eigenvalue weighted by molar-refractivity contribution is 7.99. The predicted octanol–water partition coefficient (Wildman–Crippen LogP) is 2.61. The minimum atomic E-state index is -0.0489. The molecule has 0 aliphatic heterocycles. The van der Waals surface area contributed by atoms with Gasteiger partial charge in [0.15, 0.2) is 5.16 Å². The Morgan fingerprint density at radius 2 is 2.00 bits per heavy atom. The van der Waals surface area contributed by atoms with Crippen molar-refractivity contribution in [2.75, 3.05) is 12.3 Å². The molecule has 25 heavy (non-hydrogen) atoms. The van der Waals surface area contributed by atoms with Gasteiger partial charge in [0.25, 0.3) is 5.56 Å². The fourth-order valence-electron chi connectivity index (χ4n) is 2.51. The van der Waals surface area contributed by atoms with Crippen LogP contribution in [0.4, 0.5) is 0 Å². The Bertz CT molecular complexity index is 815. The molecule has 1 amide bonds. The molecule has 0 spiro atoms. The summed E-state index contributed by atoms with van der Waals surface area (Å²) in [6, 6.07) is 8.05. The van der Waals surface area contributed by atoms with Crippen LogP contribution in [0.25, 0.3) is 0 Å². The van der Waals surface area contributed by atoms with Crippen molar-refractivity contribution in [3.63, 3.8) is 0 Å². The van der Waals surface area contributed by atoms with Crippen LogP contribution in [-0.4, -0.2) is 27.8 Å². The zero-order chi connectivity index (χ0) is 18.4. The molecule has 0 unspecified atom stereocenters. The number of benzene rings is 1. The summed E-state index contributed by atoms with van der Waals surface area (Å²) in [4.78, 5) is 29.1. The van der Waals surface area contributed by atoms with Crippen LogP contribution in [0.15, 0.2) is 34.2 Å². The van der Waals surface area contributed by atoms with Gasteiger partial charge in [-0.15, -0.1) is 0 Å². The van der Waals surface area contributed by atoms with E-state index in [-0.39, 0.29) is 17.2 Å². The van der Waals surface area contributed by atoms with E-state index in [0.717, 1.165) is 23.2 Å². The van der Waals surface area contributed by atoms with Crippen molar-refractivity contribution in [2.24, 2.45) is 7.05 Å². The molecular weight excluding hydrogens is 334 g/mol. The van der Waals surface area contributed by atoms with Crippen LogP contribution in [0, 0.1) is 13.8 Å². The number of aryl methyl sites for hydroxylation is 2. The Labute approximate surface area is 152 Å². The van der Waals surface area contributed by atoms with E-state index >= 15 is 0 Å². The molecule has 0 aliphatic rings. The number of rotatable bonds is 7. The van der Waals surface area contributed by atoms with E-state index in [1.165, 1.54) is 11.8 Å². The quantitative estimate of drug-likeness (QED) is 0.610. The van der Waals surface area contributed by atoms with Crippen LogP contribution >= 0.6 is 11.8 Å². The minimum absolute atomic E-state index is 0.0391. The molecule has 0 saturated heterocycles. The van der Waals surface area contributed by atoms with Crippen LogP contribution in [-0.2, 0) is 18.3 Å². The molecule has 1 aromatic heterocycles. The highest BCUT2D eigenvalue weighted by Gasteiger charge is 2.14. The maximum atomic E-state index is 12.8. The van der Waals surface area contributed by atoms with Gasteiger partial charge in [0, 0.05) is 31.3 Å². The number of hydrogen-bond acceptors (Lipinski definition) is 4. The number of nitrogens with one attached hydrogen (secondary N) is 1. The molecule has 2 rings (SSSR count). The average Bonchev–Trinajstić information content (AvgIpc) is 2.60. The van der Waals surface area contributed by atoms with E-state index in [1.54, 1.807) is 11.6 Å². The van der Waals surface area contributed by atoms with Crippen LogP contribution in [0.5, 0.6) is 0 Å². The third-order valence-corrected chi connectivity index (χ3v) is 5.11. The van der Waals surface area contributed by atoms with E-state index in [0.29, 0.717) is 23.7 Å². The van der Waals surface area contributed by atoms with Crippen molar-refractivity contribution in [2.45, 2.75) is 38.8 Å². The van der Waals surface area contributed by atoms with Gasteiger partial charge in [-0.05, 0) is 31.4 Å². The maximum absolute atomic E-state index is 12.8. The van der Waals surface area contributed by atoms with E-state index in [9.17, 15) is 9.59 Å². The first-order valence-electron chi connectivity index (χ1n) is 8.44. The molecule has 134 valence electrons. The van der Waals surface area contributed by atoms with Gasteiger partial charge in [-0.2, -0.15) is 0 Å². The Morgan fingerprint density at radius 3 is 2.68 bits per heavy atom. The van der Waals surface area contributed by atoms with Crippen molar-refractivity contribution < 1.29 is 4.79 Å². The van der Waals surface area contributed by atoms with E-state index in [1.807, 2.05) is 45.0 Å². The maximum Gasteiger partial charge on any atom is 0.257 e. The summed E-state index contributed by atoms with van der Waals surface area (Å²) in [6.45, 7) is 6.58. The van der Waals surface area contributed by atoms with E-state index in [4.69, 9.17) is 0 Å². The lowest BCUT2D eigenvalue weighted by Gasteiger charge is -2.13. The van der Waals surface area contributed by atoms with Crippen LogP contribution in [0.3, 0.4) is 0 Å². The normalized spacial score (nSPS) is 10.7. The summed E-state index contributed by atoms with van der Waals surface area (Å²) >= 11 is 1.29. The second kappa shape index (κ2) is 8.85. The fraction of sp³-hybridized carbons (Fsp3) is 0.421. The highest BCUT2D eigenvalue weighted by Crippen LogP contribution is 2.17. The van der Waals surface area contributed by atoms with Crippen molar-refractivity contribution in [3.8, 4) is 0 Å². The number of carbonyl (C=O) groups excluding carboxylic acids is 1. The minimum Gasteiger partial charge on any atom is -0.355 e. The fourth-order valence-corrected chi connectivity index (χ4v) is 3.35. The molecule has 0 radical (unpaired) electrons. The summed E-state index contributed by atoms with van der Waals surface area (Å²) < 4.78 is 1.54. The highest BCUT2D eigenvalue weighted by atomic mass is 32.2. The Balaban J connectivity index is 2.20. The van der Waals surface area contributed by atoms with E-state index < -0.39 is 0 Å². The summed E-state index contributed by atoms with van der Waals surface area (Å²) in [6.07, 6.45) is 1.47. The third-order valence-electron chi connectivity index (χ3n) is 4.08.